The van der Waals surface area contributed by atoms with Crippen LogP contribution in [-0.4, -0.2) is 69.6 Å². The van der Waals surface area contributed by atoms with Gasteiger partial charge in [0.1, 0.15) is 11.5 Å². The molecule has 2 aromatic carbocycles. The van der Waals surface area contributed by atoms with Gasteiger partial charge in [0.2, 0.25) is 5.96 Å². The Morgan fingerprint density at radius 2 is 1.53 bits per heavy atom. The molecule has 1 saturated heterocycles. The van der Waals surface area contributed by atoms with Crippen LogP contribution in [0, 0.1) is 0 Å². The molecule has 7 heteroatoms. The van der Waals surface area contributed by atoms with E-state index in [4.69, 9.17) is 9.73 Å². The van der Waals surface area contributed by atoms with Gasteiger partial charge < -0.3 is 9.64 Å². The molecule has 32 heavy (non-hydrogen) atoms. The number of para-hydroxylation sites is 1. The largest absolute Gasteiger partial charge is 0.457 e. The van der Waals surface area contributed by atoms with Gasteiger partial charge in [0.15, 0.2) is 11.0 Å². The highest BCUT2D eigenvalue weighted by Crippen LogP contribution is 2.27. The second-order valence-corrected chi connectivity index (χ2v) is 9.44. The zero-order chi connectivity index (χ0) is 22.3. The lowest BCUT2D eigenvalue weighted by molar-refractivity contribution is 0.0834. The van der Waals surface area contributed by atoms with E-state index in [-0.39, 0.29) is 0 Å². The van der Waals surface area contributed by atoms with Gasteiger partial charge in [-0.05, 0) is 49.2 Å². The van der Waals surface area contributed by atoms with Crippen LogP contribution in [0.25, 0.3) is 0 Å². The third-order valence-corrected chi connectivity index (χ3v) is 7.59. The zero-order valence-corrected chi connectivity index (χ0v) is 20.0. The predicted molar refractivity (Wildman–Crippen MR) is 131 cm³/mol. The lowest BCUT2D eigenvalue weighted by Crippen LogP contribution is -2.55. The van der Waals surface area contributed by atoms with Crippen molar-refractivity contribution in [2.24, 2.45) is 4.99 Å². The van der Waals surface area contributed by atoms with Crippen LogP contribution < -0.4 is 4.74 Å². The second-order valence-electron chi connectivity index (χ2n) is 8.03. The van der Waals surface area contributed by atoms with Crippen LogP contribution in [0.15, 0.2) is 64.5 Å². The van der Waals surface area contributed by atoms with Gasteiger partial charge >= 0.3 is 0 Å². The lowest BCUT2D eigenvalue weighted by Gasteiger charge is -2.44. The Bertz CT molecular complexity index is 907. The molecule has 2 fully saturated rings. The van der Waals surface area contributed by atoms with Crippen molar-refractivity contribution >= 4 is 16.9 Å². The number of hydrogen-bond donors (Lipinski definition) is 0. The molecule has 0 N–H and O–H groups in total. The maximum Gasteiger partial charge on any atom is 0.209 e. The molecule has 0 amide bonds. The molecule has 0 spiro atoms. The molecule has 2 aromatic rings. The van der Waals surface area contributed by atoms with Crippen LogP contribution in [0.5, 0.6) is 11.5 Å². The number of hydrogen-bond acceptors (Lipinski definition) is 5. The summed E-state index contributed by atoms with van der Waals surface area (Å²) < 4.78 is 21.1. The van der Waals surface area contributed by atoms with Crippen LogP contribution >= 0.6 is 0 Å². The van der Waals surface area contributed by atoms with Gasteiger partial charge in [-0.25, -0.2) is 4.21 Å². The molecule has 1 aliphatic carbocycles. The minimum absolute atomic E-state index is 0.701. The van der Waals surface area contributed by atoms with Crippen molar-refractivity contribution in [1.82, 2.24) is 14.1 Å². The number of piperazine rings is 1. The zero-order valence-electron chi connectivity index (χ0n) is 19.2. The fourth-order valence-corrected chi connectivity index (χ4v) is 5.44. The standard InChI is InChI=1S/C23H28N4O2S.C2H6/c28-30(22-11-9-21(10-12-22)29-20-7-2-1-3-8-20)27-14-13-24-23(27)26-17-15-25(16-18-26)19-5-4-6-19;1-2/h1-3,7-12,19H,4-6,13-18H2;1-2H3. The van der Waals surface area contributed by atoms with Gasteiger partial charge in [0.25, 0.3) is 0 Å². The Balaban J connectivity index is 0.00000119. The van der Waals surface area contributed by atoms with Crippen LogP contribution in [0.1, 0.15) is 33.1 Å². The number of ether oxygens (including phenoxy) is 1. The van der Waals surface area contributed by atoms with Crippen molar-refractivity contribution in [2.75, 3.05) is 39.3 Å². The van der Waals surface area contributed by atoms with E-state index in [9.17, 15) is 4.21 Å². The number of nitrogens with zero attached hydrogens (tertiary/aromatic N) is 4. The topological polar surface area (TPSA) is 48.4 Å². The highest BCUT2D eigenvalue weighted by molar-refractivity contribution is 7.83. The summed E-state index contributed by atoms with van der Waals surface area (Å²) in [5.41, 5.74) is 0. The van der Waals surface area contributed by atoms with E-state index in [1.807, 2.05) is 72.7 Å². The minimum atomic E-state index is -1.26. The second kappa shape index (κ2) is 11.0. The number of rotatable bonds is 5. The smallest absolute Gasteiger partial charge is 0.209 e. The summed E-state index contributed by atoms with van der Waals surface area (Å²) in [5.74, 6) is 2.43. The van der Waals surface area contributed by atoms with Gasteiger partial charge in [-0.2, -0.15) is 0 Å². The molecule has 6 nitrogen and oxygen atoms in total. The van der Waals surface area contributed by atoms with E-state index >= 15 is 0 Å². The first-order valence-corrected chi connectivity index (χ1v) is 12.9. The van der Waals surface area contributed by atoms with Crippen LogP contribution in [0.2, 0.25) is 0 Å². The SMILES string of the molecule is CC.O=S(c1ccc(Oc2ccccc2)cc1)N1CCN=C1N1CCN(C2CCC2)CC1. The molecule has 2 aliphatic heterocycles. The van der Waals surface area contributed by atoms with E-state index in [1.54, 1.807) is 0 Å². The van der Waals surface area contributed by atoms with Crippen molar-refractivity contribution in [1.29, 1.82) is 0 Å². The summed E-state index contributed by atoms with van der Waals surface area (Å²) >= 11 is 0. The summed E-state index contributed by atoms with van der Waals surface area (Å²) in [4.78, 5) is 10.4. The normalized spacial score (nSPS) is 20.1. The van der Waals surface area contributed by atoms with Crippen LogP contribution in [0.3, 0.4) is 0 Å². The van der Waals surface area contributed by atoms with Crippen LogP contribution in [-0.2, 0) is 11.0 Å². The minimum Gasteiger partial charge on any atom is -0.457 e. The Labute approximate surface area is 194 Å². The van der Waals surface area contributed by atoms with Crippen LogP contribution in [0.4, 0.5) is 0 Å². The van der Waals surface area contributed by atoms with Crippen molar-refractivity contribution in [3.63, 3.8) is 0 Å². The fourth-order valence-electron chi connectivity index (χ4n) is 4.25. The first-order chi connectivity index (χ1) is 15.8. The highest BCUT2D eigenvalue weighted by atomic mass is 32.2. The summed E-state index contributed by atoms with van der Waals surface area (Å²) in [6.07, 6.45) is 4.07. The van der Waals surface area contributed by atoms with E-state index in [0.29, 0.717) is 13.1 Å². The van der Waals surface area contributed by atoms with Gasteiger partial charge in [0, 0.05) is 32.2 Å². The maximum atomic E-state index is 13.3. The molecule has 5 rings (SSSR count). The molecule has 2 heterocycles. The highest BCUT2D eigenvalue weighted by Gasteiger charge is 2.33. The molecule has 172 valence electrons. The third-order valence-electron chi connectivity index (χ3n) is 6.17. The summed E-state index contributed by atoms with van der Waals surface area (Å²) in [6, 6.07) is 18.0. The molecular formula is C25H34N4O2S. The summed E-state index contributed by atoms with van der Waals surface area (Å²) in [5, 5.41) is 0. The van der Waals surface area contributed by atoms with Crippen molar-refractivity contribution in [3.05, 3.63) is 54.6 Å². The van der Waals surface area contributed by atoms with Gasteiger partial charge in [-0.1, -0.05) is 38.5 Å². The number of guanidine groups is 1. The van der Waals surface area contributed by atoms with E-state index in [1.165, 1.54) is 19.3 Å². The maximum absolute atomic E-state index is 13.3. The Morgan fingerprint density at radius 1 is 0.875 bits per heavy atom. The molecule has 0 radical (unpaired) electrons. The Morgan fingerprint density at radius 3 is 2.16 bits per heavy atom. The lowest BCUT2D eigenvalue weighted by atomic mass is 9.91. The Kier molecular flexibility index (Phi) is 7.81. The molecule has 1 atom stereocenters. The van der Waals surface area contributed by atoms with Crippen molar-refractivity contribution < 1.29 is 8.95 Å². The number of aliphatic imine (C=N–C) groups is 1. The molecule has 1 unspecified atom stereocenters. The third kappa shape index (κ3) is 5.15. The average molecular weight is 455 g/mol. The number of benzene rings is 2. The predicted octanol–water partition coefficient (Wildman–Crippen LogP) is 4.37. The van der Waals surface area contributed by atoms with Gasteiger partial charge in [-0.15, -0.1) is 0 Å². The molecule has 0 bridgehead atoms. The van der Waals surface area contributed by atoms with Gasteiger partial charge in [0.05, 0.1) is 18.0 Å². The van der Waals surface area contributed by atoms with Crippen molar-refractivity contribution in [3.8, 4) is 11.5 Å². The first-order valence-electron chi connectivity index (χ1n) is 11.8. The van der Waals surface area contributed by atoms with E-state index in [2.05, 4.69) is 9.80 Å². The Hall–Kier alpha value is -2.38. The first kappa shape index (κ1) is 22.8. The fraction of sp³-hybridized carbons (Fsp3) is 0.480. The molecule has 0 aromatic heterocycles. The van der Waals surface area contributed by atoms with Crippen molar-refractivity contribution in [2.45, 2.75) is 44.0 Å². The monoisotopic (exact) mass is 454 g/mol. The van der Waals surface area contributed by atoms with E-state index < -0.39 is 11.0 Å². The van der Waals surface area contributed by atoms with Gasteiger partial charge in [-0.3, -0.25) is 14.2 Å². The molecule has 3 aliphatic rings. The average Bonchev–Trinajstić information content (AvgIpc) is 3.31. The van der Waals surface area contributed by atoms with E-state index in [0.717, 1.165) is 54.6 Å². The molecular weight excluding hydrogens is 420 g/mol. The summed E-state index contributed by atoms with van der Waals surface area (Å²) in [6.45, 7) is 9.50. The molecule has 1 saturated carbocycles. The summed E-state index contributed by atoms with van der Waals surface area (Å²) in [7, 11) is -1.26. The quantitative estimate of drug-likeness (QED) is 0.673.